The van der Waals surface area contributed by atoms with E-state index in [0.29, 0.717) is 12.6 Å². The van der Waals surface area contributed by atoms with Gasteiger partial charge in [-0.1, -0.05) is 30.3 Å². The van der Waals surface area contributed by atoms with Crippen LogP contribution in [-0.4, -0.2) is 36.5 Å². The summed E-state index contributed by atoms with van der Waals surface area (Å²) < 4.78 is 0. The van der Waals surface area contributed by atoms with E-state index in [1.54, 1.807) is 0 Å². The highest BCUT2D eigenvalue weighted by Crippen LogP contribution is 2.12. The summed E-state index contributed by atoms with van der Waals surface area (Å²) in [6, 6.07) is 10.4. The summed E-state index contributed by atoms with van der Waals surface area (Å²) in [7, 11) is 0. The summed E-state index contributed by atoms with van der Waals surface area (Å²) in [6.45, 7) is 4.34. The topological polar surface area (TPSA) is 58.4 Å². The van der Waals surface area contributed by atoms with Gasteiger partial charge in [0.25, 0.3) is 0 Å². The Morgan fingerprint density at radius 1 is 1.37 bits per heavy atom. The first kappa shape index (κ1) is 14.0. The lowest BCUT2D eigenvalue weighted by Crippen LogP contribution is -2.44. The molecule has 0 bridgehead atoms. The largest absolute Gasteiger partial charge is 0.348 e. The quantitative estimate of drug-likeness (QED) is 0.858. The number of nitrogens with zero attached hydrogens (tertiary/aromatic N) is 1. The zero-order chi connectivity index (χ0) is 13.7. The number of nitrogens with one attached hydrogen (secondary N) is 1. The Morgan fingerprint density at radius 2 is 2.00 bits per heavy atom. The first-order valence-corrected chi connectivity index (χ1v) is 6.97. The third kappa shape index (κ3) is 4.33. The lowest BCUT2D eigenvalue weighted by molar-refractivity contribution is -0.123. The molecule has 0 aliphatic carbocycles. The number of piperidine rings is 1. The highest BCUT2D eigenvalue weighted by molar-refractivity contribution is 5.78. The number of benzene rings is 1. The number of nitrogens with two attached hydrogens (primary N) is 1. The molecule has 1 aliphatic rings. The van der Waals surface area contributed by atoms with Gasteiger partial charge in [-0.3, -0.25) is 9.69 Å². The van der Waals surface area contributed by atoms with E-state index in [0.717, 1.165) is 31.5 Å². The molecule has 1 aromatic carbocycles. The number of rotatable bonds is 4. The van der Waals surface area contributed by atoms with Crippen molar-refractivity contribution in [2.24, 2.45) is 5.73 Å². The average Bonchev–Trinajstić information content (AvgIpc) is 2.42. The predicted molar refractivity (Wildman–Crippen MR) is 76.6 cm³/mol. The van der Waals surface area contributed by atoms with E-state index < -0.39 is 0 Å². The molecule has 0 radical (unpaired) electrons. The maximum atomic E-state index is 12.0. The molecule has 1 fully saturated rings. The maximum absolute atomic E-state index is 12.0. The maximum Gasteiger partial charge on any atom is 0.234 e. The van der Waals surface area contributed by atoms with Crippen molar-refractivity contribution < 1.29 is 4.79 Å². The number of hydrogen-bond acceptors (Lipinski definition) is 3. The molecular formula is C15H23N3O. The van der Waals surface area contributed by atoms with Crippen LogP contribution in [0.1, 0.15) is 31.4 Å². The van der Waals surface area contributed by atoms with Crippen LogP contribution in [0.4, 0.5) is 0 Å². The molecule has 4 nitrogen and oxygen atoms in total. The first-order chi connectivity index (χ1) is 9.15. The van der Waals surface area contributed by atoms with Crippen molar-refractivity contribution in [2.45, 2.75) is 31.8 Å². The molecular weight excluding hydrogens is 238 g/mol. The van der Waals surface area contributed by atoms with Gasteiger partial charge in [0, 0.05) is 19.1 Å². The summed E-state index contributed by atoms with van der Waals surface area (Å²) >= 11 is 0. The molecule has 4 heteroatoms. The lowest BCUT2D eigenvalue weighted by atomic mass is 10.1. The van der Waals surface area contributed by atoms with E-state index in [2.05, 4.69) is 10.2 Å². The molecule has 104 valence electrons. The summed E-state index contributed by atoms with van der Waals surface area (Å²) in [6.07, 6.45) is 1.98. The van der Waals surface area contributed by atoms with Gasteiger partial charge in [0.05, 0.1) is 12.6 Å². The van der Waals surface area contributed by atoms with Gasteiger partial charge < -0.3 is 11.1 Å². The second kappa shape index (κ2) is 6.68. The highest BCUT2D eigenvalue weighted by atomic mass is 16.2. The minimum absolute atomic E-state index is 0.0562. The van der Waals surface area contributed by atoms with E-state index in [9.17, 15) is 4.79 Å². The molecule has 1 aromatic rings. The van der Waals surface area contributed by atoms with Crippen molar-refractivity contribution in [3.05, 3.63) is 35.9 Å². The fourth-order valence-corrected chi connectivity index (χ4v) is 2.43. The number of hydrogen-bond donors (Lipinski definition) is 2. The summed E-state index contributed by atoms with van der Waals surface area (Å²) in [5.41, 5.74) is 6.99. The molecule has 1 amide bonds. The molecule has 19 heavy (non-hydrogen) atoms. The number of likely N-dealkylation sites (tertiary alicyclic amines) is 1. The fraction of sp³-hybridized carbons (Fsp3) is 0.533. The normalized spacial score (nSPS) is 19.1. The van der Waals surface area contributed by atoms with Crippen LogP contribution in [0.2, 0.25) is 0 Å². The number of amides is 1. The predicted octanol–water partition coefficient (Wildman–Crippen LogP) is 1.29. The van der Waals surface area contributed by atoms with E-state index in [4.69, 9.17) is 5.73 Å². The minimum Gasteiger partial charge on any atom is -0.348 e. The van der Waals surface area contributed by atoms with E-state index in [-0.39, 0.29) is 11.9 Å². The van der Waals surface area contributed by atoms with Crippen molar-refractivity contribution >= 4 is 5.91 Å². The van der Waals surface area contributed by atoms with Gasteiger partial charge in [0.1, 0.15) is 0 Å². The van der Waals surface area contributed by atoms with Gasteiger partial charge in [-0.05, 0) is 25.3 Å². The lowest BCUT2D eigenvalue weighted by Gasteiger charge is -2.29. The average molecular weight is 261 g/mol. The van der Waals surface area contributed by atoms with Crippen molar-refractivity contribution in [3.63, 3.8) is 0 Å². The molecule has 0 spiro atoms. The SMILES string of the molecule is C[C@H](NC(=O)CN1CCC(N)CC1)c1ccccc1. The zero-order valence-electron chi connectivity index (χ0n) is 11.5. The van der Waals surface area contributed by atoms with Crippen LogP contribution in [0.5, 0.6) is 0 Å². The van der Waals surface area contributed by atoms with Crippen molar-refractivity contribution in [2.75, 3.05) is 19.6 Å². The standard InChI is InChI=1S/C15H23N3O/c1-12(13-5-3-2-4-6-13)17-15(19)11-18-9-7-14(16)8-10-18/h2-6,12,14H,7-11,16H2,1H3,(H,17,19)/t12-/m0/s1. The second-order valence-corrected chi connectivity index (χ2v) is 5.31. The van der Waals surface area contributed by atoms with Gasteiger partial charge in [0.2, 0.25) is 5.91 Å². The second-order valence-electron chi connectivity index (χ2n) is 5.31. The number of carbonyl (C=O) groups excluding carboxylic acids is 1. The fourth-order valence-electron chi connectivity index (χ4n) is 2.43. The Balaban J connectivity index is 1.78. The van der Waals surface area contributed by atoms with Crippen LogP contribution < -0.4 is 11.1 Å². The summed E-state index contributed by atoms with van der Waals surface area (Å²) in [4.78, 5) is 14.2. The molecule has 1 aliphatic heterocycles. The monoisotopic (exact) mass is 261 g/mol. The van der Waals surface area contributed by atoms with Crippen LogP contribution in [0, 0.1) is 0 Å². The molecule has 0 aromatic heterocycles. The molecule has 1 heterocycles. The summed E-state index contributed by atoms with van der Waals surface area (Å²) in [5.74, 6) is 0.0897. The Kier molecular flexibility index (Phi) is 4.93. The smallest absolute Gasteiger partial charge is 0.234 e. The first-order valence-electron chi connectivity index (χ1n) is 6.97. The van der Waals surface area contributed by atoms with Gasteiger partial charge in [-0.2, -0.15) is 0 Å². The zero-order valence-corrected chi connectivity index (χ0v) is 11.5. The van der Waals surface area contributed by atoms with Crippen molar-refractivity contribution in [3.8, 4) is 0 Å². The third-order valence-corrected chi connectivity index (χ3v) is 3.68. The minimum atomic E-state index is 0.0562. The Morgan fingerprint density at radius 3 is 2.63 bits per heavy atom. The van der Waals surface area contributed by atoms with Crippen LogP contribution in [0.15, 0.2) is 30.3 Å². The van der Waals surface area contributed by atoms with Gasteiger partial charge in [0.15, 0.2) is 0 Å². The van der Waals surface area contributed by atoms with E-state index in [1.165, 1.54) is 0 Å². The number of carbonyl (C=O) groups is 1. The molecule has 2 rings (SSSR count). The van der Waals surface area contributed by atoms with Gasteiger partial charge in [-0.15, -0.1) is 0 Å². The highest BCUT2D eigenvalue weighted by Gasteiger charge is 2.19. The van der Waals surface area contributed by atoms with E-state index >= 15 is 0 Å². The third-order valence-electron chi connectivity index (χ3n) is 3.68. The van der Waals surface area contributed by atoms with Gasteiger partial charge in [-0.25, -0.2) is 0 Å². The Bertz CT molecular complexity index is 399. The van der Waals surface area contributed by atoms with Crippen molar-refractivity contribution in [1.82, 2.24) is 10.2 Å². The van der Waals surface area contributed by atoms with Crippen LogP contribution in [0.3, 0.4) is 0 Å². The van der Waals surface area contributed by atoms with Crippen LogP contribution in [0.25, 0.3) is 0 Å². The molecule has 1 atom stereocenters. The molecule has 1 saturated heterocycles. The molecule has 0 saturated carbocycles. The van der Waals surface area contributed by atoms with Gasteiger partial charge >= 0.3 is 0 Å². The summed E-state index contributed by atoms with van der Waals surface area (Å²) in [5, 5.41) is 3.04. The molecule has 0 unspecified atom stereocenters. The Hall–Kier alpha value is -1.39. The Labute approximate surface area is 115 Å². The van der Waals surface area contributed by atoms with Crippen LogP contribution in [-0.2, 0) is 4.79 Å². The van der Waals surface area contributed by atoms with Crippen molar-refractivity contribution in [1.29, 1.82) is 0 Å². The van der Waals surface area contributed by atoms with Crippen LogP contribution >= 0.6 is 0 Å². The van der Waals surface area contributed by atoms with E-state index in [1.807, 2.05) is 37.3 Å². The molecule has 3 N–H and O–H groups in total.